The minimum atomic E-state index is -1.34. The van der Waals surface area contributed by atoms with E-state index in [2.05, 4.69) is 5.32 Å². The Kier molecular flexibility index (Phi) is 4.21. The van der Waals surface area contributed by atoms with Crippen molar-refractivity contribution in [2.75, 3.05) is 18.5 Å². The maximum absolute atomic E-state index is 13.2. The summed E-state index contributed by atoms with van der Waals surface area (Å²) < 4.78 is 13.2. The topological polar surface area (TPSA) is 89.8 Å². The van der Waals surface area contributed by atoms with E-state index >= 15 is 0 Å². The van der Waals surface area contributed by atoms with Crippen LogP contribution in [0.5, 0.6) is 0 Å². The molecule has 0 aliphatic carbocycles. The molecule has 1 aromatic carbocycles. The van der Waals surface area contributed by atoms with Gasteiger partial charge in [-0.2, -0.15) is 0 Å². The first kappa shape index (κ1) is 12.4. The number of carboxylic acid groups (broad SMARTS) is 1. The Balaban J connectivity index is 2.84. The van der Waals surface area contributed by atoms with Crippen molar-refractivity contribution >= 4 is 11.7 Å². The van der Waals surface area contributed by atoms with Gasteiger partial charge in [0.15, 0.2) is 0 Å². The second kappa shape index (κ2) is 5.43. The fourth-order valence-electron chi connectivity index (χ4n) is 1.16. The minimum absolute atomic E-state index is 0.301. The van der Waals surface area contributed by atoms with E-state index in [1.54, 1.807) is 0 Å². The molecule has 5 nitrogen and oxygen atoms in total. The summed E-state index contributed by atoms with van der Waals surface area (Å²) in [5.74, 6) is -2.21. The van der Waals surface area contributed by atoms with Crippen molar-refractivity contribution in [2.24, 2.45) is 0 Å². The summed E-state index contributed by atoms with van der Waals surface area (Å²) in [6, 6.07) is 2.88. The number of hydrogen-bond acceptors (Lipinski definition) is 4. The van der Waals surface area contributed by atoms with Crippen LogP contribution in [-0.4, -0.2) is 40.5 Å². The summed E-state index contributed by atoms with van der Waals surface area (Å²) in [6.07, 6.45) is 0. The van der Waals surface area contributed by atoms with E-state index in [1.165, 1.54) is 6.07 Å². The molecule has 0 unspecified atom stereocenters. The summed E-state index contributed by atoms with van der Waals surface area (Å²) in [5.41, 5.74) is -0.120. The Bertz CT molecular complexity index is 379. The minimum Gasteiger partial charge on any atom is -0.478 e. The van der Waals surface area contributed by atoms with Crippen molar-refractivity contribution < 1.29 is 24.5 Å². The van der Waals surface area contributed by atoms with E-state index < -0.39 is 23.4 Å². The average molecular weight is 229 g/mol. The molecule has 1 aromatic rings. The first-order valence-electron chi connectivity index (χ1n) is 4.59. The average Bonchev–Trinajstić information content (AvgIpc) is 2.25. The molecule has 16 heavy (non-hydrogen) atoms. The van der Waals surface area contributed by atoms with Crippen LogP contribution in [0.1, 0.15) is 10.4 Å². The summed E-state index contributed by atoms with van der Waals surface area (Å²) in [5, 5.41) is 28.8. The number of nitrogens with one attached hydrogen (secondary N) is 1. The normalized spacial score (nSPS) is 10.5. The van der Waals surface area contributed by atoms with E-state index in [-0.39, 0.29) is 13.2 Å². The van der Waals surface area contributed by atoms with Gasteiger partial charge in [0.05, 0.1) is 24.8 Å². The zero-order chi connectivity index (χ0) is 12.1. The third-order valence-corrected chi connectivity index (χ3v) is 2.01. The van der Waals surface area contributed by atoms with Crippen molar-refractivity contribution in [2.45, 2.75) is 6.04 Å². The lowest BCUT2D eigenvalue weighted by Crippen LogP contribution is -2.27. The second-order valence-electron chi connectivity index (χ2n) is 3.21. The van der Waals surface area contributed by atoms with Crippen molar-refractivity contribution in [1.29, 1.82) is 0 Å². The number of carboxylic acids is 1. The van der Waals surface area contributed by atoms with E-state index in [0.29, 0.717) is 5.69 Å². The van der Waals surface area contributed by atoms with Crippen LogP contribution in [-0.2, 0) is 0 Å². The van der Waals surface area contributed by atoms with Crippen LogP contribution in [0.15, 0.2) is 18.2 Å². The van der Waals surface area contributed by atoms with Gasteiger partial charge < -0.3 is 20.6 Å². The molecule has 0 aliphatic heterocycles. The van der Waals surface area contributed by atoms with Gasteiger partial charge in [0.1, 0.15) is 5.82 Å². The molecule has 0 heterocycles. The quantitative estimate of drug-likeness (QED) is 0.582. The molecule has 0 saturated carbocycles. The number of benzene rings is 1. The van der Waals surface area contributed by atoms with E-state index in [4.69, 9.17) is 15.3 Å². The molecule has 6 heteroatoms. The molecule has 0 aromatic heterocycles. The molecule has 0 aliphatic rings. The SMILES string of the molecule is O=C(O)c1ccc(NC(CO)CO)cc1F. The fourth-order valence-corrected chi connectivity index (χ4v) is 1.16. The Hall–Kier alpha value is -1.66. The van der Waals surface area contributed by atoms with E-state index in [9.17, 15) is 9.18 Å². The molecule has 0 saturated heterocycles. The molecule has 4 N–H and O–H groups in total. The maximum Gasteiger partial charge on any atom is 0.338 e. The number of hydrogen-bond donors (Lipinski definition) is 4. The fraction of sp³-hybridized carbons (Fsp3) is 0.300. The van der Waals surface area contributed by atoms with E-state index in [1.807, 2.05) is 0 Å². The second-order valence-corrected chi connectivity index (χ2v) is 3.21. The molecule has 1 rings (SSSR count). The highest BCUT2D eigenvalue weighted by Gasteiger charge is 2.12. The third-order valence-electron chi connectivity index (χ3n) is 2.01. The number of aliphatic hydroxyl groups is 2. The van der Waals surface area contributed by atoms with Gasteiger partial charge >= 0.3 is 5.97 Å². The Morgan fingerprint density at radius 2 is 2.00 bits per heavy atom. The van der Waals surface area contributed by atoms with Crippen molar-refractivity contribution in [3.05, 3.63) is 29.6 Å². The summed E-state index contributed by atoms with van der Waals surface area (Å²) in [4.78, 5) is 10.5. The molecule has 0 spiro atoms. The number of aliphatic hydroxyl groups excluding tert-OH is 2. The van der Waals surface area contributed by atoms with Crippen molar-refractivity contribution in [3.63, 3.8) is 0 Å². The zero-order valence-electron chi connectivity index (χ0n) is 8.35. The van der Waals surface area contributed by atoms with Gasteiger partial charge in [-0.3, -0.25) is 0 Å². The number of carbonyl (C=O) groups is 1. The highest BCUT2D eigenvalue weighted by Crippen LogP contribution is 2.15. The third kappa shape index (κ3) is 2.91. The molecule has 0 radical (unpaired) electrons. The summed E-state index contributed by atoms with van der Waals surface area (Å²) in [6.45, 7) is -0.613. The standard InChI is InChI=1S/C10H12FNO4/c11-9-3-6(12-7(4-13)5-14)1-2-8(9)10(15)16/h1-3,7,12-14H,4-5H2,(H,15,16). The van der Waals surface area contributed by atoms with Gasteiger partial charge in [0, 0.05) is 5.69 Å². The molecular weight excluding hydrogens is 217 g/mol. The number of rotatable bonds is 5. The van der Waals surface area contributed by atoms with E-state index in [0.717, 1.165) is 12.1 Å². The van der Waals surface area contributed by atoms with Crippen LogP contribution in [0.25, 0.3) is 0 Å². The predicted molar refractivity (Wildman–Crippen MR) is 54.9 cm³/mol. The Morgan fingerprint density at radius 1 is 1.38 bits per heavy atom. The lowest BCUT2D eigenvalue weighted by molar-refractivity contribution is 0.0692. The molecule has 0 bridgehead atoms. The van der Waals surface area contributed by atoms with Crippen LogP contribution in [0, 0.1) is 5.82 Å². The molecule has 88 valence electrons. The number of anilines is 1. The number of aromatic carboxylic acids is 1. The summed E-state index contributed by atoms with van der Waals surface area (Å²) >= 11 is 0. The van der Waals surface area contributed by atoms with Gasteiger partial charge in [-0.05, 0) is 18.2 Å². The first-order valence-corrected chi connectivity index (χ1v) is 4.59. The zero-order valence-corrected chi connectivity index (χ0v) is 8.35. The highest BCUT2D eigenvalue weighted by atomic mass is 19.1. The lowest BCUT2D eigenvalue weighted by atomic mass is 10.2. The van der Waals surface area contributed by atoms with Crippen LogP contribution < -0.4 is 5.32 Å². The van der Waals surface area contributed by atoms with Crippen molar-refractivity contribution in [1.82, 2.24) is 0 Å². The van der Waals surface area contributed by atoms with Crippen LogP contribution in [0.3, 0.4) is 0 Å². The lowest BCUT2D eigenvalue weighted by Gasteiger charge is -2.14. The van der Waals surface area contributed by atoms with Crippen LogP contribution in [0.4, 0.5) is 10.1 Å². The van der Waals surface area contributed by atoms with Crippen molar-refractivity contribution in [3.8, 4) is 0 Å². The maximum atomic E-state index is 13.2. The smallest absolute Gasteiger partial charge is 0.338 e. The number of halogens is 1. The molecule has 0 atom stereocenters. The van der Waals surface area contributed by atoms with Gasteiger partial charge in [-0.15, -0.1) is 0 Å². The van der Waals surface area contributed by atoms with Gasteiger partial charge in [0.25, 0.3) is 0 Å². The summed E-state index contributed by atoms with van der Waals surface area (Å²) in [7, 11) is 0. The Labute approximate surface area is 91.2 Å². The first-order chi connectivity index (χ1) is 7.58. The van der Waals surface area contributed by atoms with Crippen LogP contribution in [0.2, 0.25) is 0 Å². The highest BCUT2D eigenvalue weighted by molar-refractivity contribution is 5.88. The predicted octanol–water partition coefficient (Wildman–Crippen LogP) is 0.289. The van der Waals surface area contributed by atoms with Crippen LogP contribution >= 0.6 is 0 Å². The molecular formula is C10H12FNO4. The molecule has 0 amide bonds. The largest absolute Gasteiger partial charge is 0.478 e. The van der Waals surface area contributed by atoms with Gasteiger partial charge in [-0.25, -0.2) is 9.18 Å². The van der Waals surface area contributed by atoms with Gasteiger partial charge in [-0.1, -0.05) is 0 Å². The Morgan fingerprint density at radius 3 is 2.44 bits per heavy atom. The monoisotopic (exact) mass is 229 g/mol. The molecule has 0 fully saturated rings. The van der Waals surface area contributed by atoms with Gasteiger partial charge in [0.2, 0.25) is 0 Å².